The summed E-state index contributed by atoms with van der Waals surface area (Å²) in [6.07, 6.45) is 3.87. The van der Waals surface area contributed by atoms with Crippen LogP contribution in [0.2, 0.25) is 0 Å². The molecule has 1 heterocycles. The smallest absolute Gasteiger partial charge is 0.341 e. The number of nitrogens with zero attached hydrogens (tertiary/aromatic N) is 1. The summed E-state index contributed by atoms with van der Waals surface area (Å²) < 4.78 is 10.5. The van der Waals surface area contributed by atoms with Gasteiger partial charge in [0, 0.05) is 17.0 Å². The van der Waals surface area contributed by atoms with E-state index < -0.39 is 4.92 Å². The molecule has 0 amide bonds. The number of carbonyl (C=O) groups is 1. The number of aryl methyl sites for hydroxylation is 1. The first-order chi connectivity index (χ1) is 13.9. The van der Waals surface area contributed by atoms with E-state index in [1.54, 1.807) is 6.92 Å². The number of hydrogen-bond acceptors (Lipinski definition) is 7. The standard InChI is InChI=1S/C19H21N3O5S2/c1-3-27-18(23)16-12-6-4-5-7-15(12)29-17(16)21-19(28)20-13-10-11(22(24)25)8-9-14(13)26-2/h8-10H,3-7H2,1-2H3,(H2,20,21,28). The predicted octanol–water partition coefficient (Wildman–Crippen LogP) is 4.53. The molecule has 1 aliphatic carbocycles. The van der Waals surface area contributed by atoms with Gasteiger partial charge in [0.15, 0.2) is 5.11 Å². The second-order valence-corrected chi connectivity index (χ2v) is 7.87. The van der Waals surface area contributed by atoms with E-state index in [1.165, 1.54) is 36.6 Å². The summed E-state index contributed by atoms with van der Waals surface area (Å²) >= 11 is 6.89. The molecule has 0 unspecified atom stereocenters. The van der Waals surface area contributed by atoms with Crippen molar-refractivity contribution in [2.45, 2.75) is 32.6 Å². The van der Waals surface area contributed by atoms with Gasteiger partial charge in [-0.15, -0.1) is 11.3 Å². The highest BCUT2D eigenvalue weighted by Crippen LogP contribution is 2.39. The molecule has 1 aromatic heterocycles. The minimum absolute atomic E-state index is 0.0881. The number of esters is 1. The number of fused-ring (bicyclic) bond motifs is 1. The van der Waals surface area contributed by atoms with E-state index in [-0.39, 0.29) is 23.4 Å². The predicted molar refractivity (Wildman–Crippen MR) is 116 cm³/mol. The molecule has 0 saturated heterocycles. The summed E-state index contributed by atoms with van der Waals surface area (Å²) in [5, 5.41) is 17.9. The number of methoxy groups -OCH3 is 1. The Kier molecular flexibility index (Phi) is 6.65. The molecule has 0 aliphatic heterocycles. The van der Waals surface area contributed by atoms with E-state index in [0.717, 1.165) is 36.1 Å². The van der Waals surface area contributed by atoms with Crippen molar-refractivity contribution in [3.63, 3.8) is 0 Å². The fraction of sp³-hybridized carbons (Fsp3) is 0.368. The molecule has 3 rings (SSSR count). The van der Waals surface area contributed by atoms with Gasteiger partial charge in [0.05, 0.1) is 29.9 Å². The maximum atomic E-state index is 12.5. The Balaban J connectivity index is 1.86. The van der Waals surface area contributed by atoms with Crippen LogP contribution in [0.1, 0.15) is 40.6 Å². The SMILES string of the molecule is CCOC(=O)c1c(NC(=S)Nc2cc([N+](=O)[O-])ccc2OC)sc2c1CCCC2. The number of ether oxygens (including phenoxy) is 2. The zero-order valence-electron chi connectivity index (χ0n) is 16.1. The Hall–Kier alpha value is -2.72. The maximum absolute atomic E-state index is 12.5. The Labute approximate surface area is 177 Å². The van der Waals surface area contributed by atoms with Gasteiger partial charge in [-0.05, 0) is 56.5 Å². The molecule has 8 nitrogen and oxygen atoms in total. The van der Waals surface area contributed by atoms with Gasteiger partial charge in [-0.3, -0.25) is 10.1 Å². The lowest BCUT2D eigenvalue weighted by atomic mass is 9.95. The lowest BCUT2D eigenvalue weighted by Gasteiger charge is -2.14. The van der Waals surface area contributed by atoms with Gasteiger partial charge < -0.3 is 20.1 Å². The Bertz CT molecular complexity index is 958. The molecule has 0 spiro atoms. The fourth-order valence-corrected chi connectivity index (χ4v) is 4.80. The van der Waals surface area contributed by atoms with Crippen LogP contribution in [0.25, 0.3) is 0 Å². The van der Waals surface area contributed by atoms with Crippen LogP contribution in [0.15, 0.2) is 18.2 Å². The minimum atomic E-state index is -0.493. The second kappa shape index (κ2) is 9.19. The highest BCUT2D eigenvalue weighted by atomic mass is 32.1. The molecule has 2 aromatic rings. The quantitative estimate of drug-likeness (QED) is 0.295. The van der Waals surface area contributed by atoms with Gasteiger partial charge in [-0.1, -0.05) is 0 Å². The lowest BCUT2D eigenvalue weighted by molar-refractivity contribution is -0.384. The number of nitro groups is 1. The van der Waals surface area contributed by atoms with E-state index in [1.807, 2.05) is 0 Å². The summed E-state index contributed by atoms with van der Waals surface area (Å²) in [4.78, 5) is 24.3. The highest BCUT2D eigenvalue weighted by molar-refractivity contribution is 7.80. The van der Waals surface area contributed by atoms with Gasteiger partial charge in [0.2, 0.25) is 0 Å². The number of anilines is 2. The Morgan fingerprint density at radius 3 is 2.76 bits per heavy atom. The second-order valence-electron chi connectivity index (χ2n) is 6.36. The van der Waals surface area contributed by atoms with Crippen LogP contribution in [0.5, 0.6) is 5.75 Å². The average molecular weight is 436 g/mol. The molecule has 154 valence electrons. The third kappa shape index (κ3) is 4.65. The number of thiocarbonyl (C=S) groups is 1. The summed E-state index contributed by atoms with van der Waals surface area (Å²) in [7, 11) is 1.47. The largest absolute Gasteiger partial charge is 0.495 e. The molecule has 29 heavy (non-hydrogen) atoms. The first kappa shape index (κ1) is 21.0. The van der Waals surface area contributed by atoms with E-state index in [2.05, 4.69) is 10.6 Å². The molecule has 0 fully saturated rings. The number of carbonyl (C=O) groups excluding carboxylic acids is 1. The van der Waals surface area contributed by atoms with Gasteiger partial charge in [0.1, 0.15) is 10.8 Å². The van der Waals surface area contributed by atoms with E-state index in [4.69, 9.17) is 21.7 Å². The van der Waals surface area contributed by atoms with Crippen LogP contribution in [0, 0.1) is 10.1 Å². The zero-order chi connectivity index (χ0) is 21.0. The van der Waals surface area contributed by atoms with Crippen molar-refractivity contribution in [2.24, 2.45) is 0 Å². The van der Waals surface area contributed by atoms with E-state index in [9.17, 15) is 14.9 Å². The van der Waals surface area contributed by atoms with Crippen LogP contribution in [-0.2, 0) is 17.6 Å². The van der Waals surface area contributed by atoms with E-state index >= 15 is 0 Å². The van der Waals surface area contributed by atoms with Gasteiger partial charge in [-0.25, -0.2) is 4.79 Å². The normalized spacial score (nSPS) is 12.6. The lowest BCUT2D eigenvalue weighted by Crippen LogP contribution is -2.21. The van der Waals surface area contributed by atoms with Gasteiger partial charge in [0.25, 0.3) is 5.69 Å². The van der Waals surface area contributed by atoms with Crippen molar-refractivity contribution in [3.8, 4) is 5.75 Å². The Morgan fingerprint density at radius 2 is 2.07 bits per heavy atom. The maximum Gasteiger partial charge on any atom is 0.341 e. The fourth-order valence-electron chi connectivity index (χ4n) is 3.24. The number of benzene rings is 1. The number of rotatable bonds is 6. The van der Waals surface area contributed by atoms with Crippen molar-refractivity contribution in [2.75, 3.05) is 24.4 Å². The van der Waals surface area contributed by atoms with E-state index in [0.29, 0.717) is 22.0 Å². The van der Waals surface area contributed by atoms with Crippen molar-refractivity contribution in [3.05, 3.63) is 44.3 Å². The van der Waals surface area contributed by atoms with Gasteiger partial charge in [-0.2, -0.15) is 0 Å². The van der Waals surface area contributed by atoms with Gasteiger partial charge >= 0.3 is 5.97 Å². The van der Waals surface area contributed by atoms with Crippen molar-refractivity contribution in [1.82, 2.24) is 0 Å². The number of non-ortho nitro benzene ring substituents is 1. The third-order valence-electron chi connectivity index (χ3n) is 4.52. The molecule has 0 radical (unpaired) electrons. The van der Waals surface area contributed by atoms with Crippen LogP contribution in [0.4, 0.5) is 16.4 Å². The summed E-state index contributed by atoms with van der Waals surface area (Å²) in [6.45, 7) is 2.06. The number of nitro benzene ring substituents is 1. The molecule has 0 bridgehead atoms. The first-order valence-electron chi connectivity index (χ1n) is 9.16. The highest BCUT2D eigenvalue weighted by Gasteiger charge is 2.27. The monoisotopic (exact) mass is 435 g/mol. The third-order valence-corrected chi connectivity index (χ3v) is 5.93. The Morgan fingerprint density at radius 1 is 1.31 bits per heavy atom. The van der Waals surface area contributed by atoms with Crippen molar-refractivity contribution >= 4 is 51.0 Å². The van der Waals surface area contributed by atoms with Crippen molar-refractivity contribution in [1.29, 1.82) is 0 Å². The molecule has 1 aliphatic rings. The molecule has 10 heteroatoms. The first-order valence-corrected chi connectivity index (χ1v) is 10.4. The summed E-state index contributed by atoms with van der Waals surface area (Å²) in [6, 6.07) is 4.20. The van der Waals surface area contributed by atoms with Crippen molar-refractivity contribution < 1.29 is 19.2 Å². The van der Waals surface area contributed by atoms with Crippen LogP contribution in [0.3, 0.4) is 0 Å². The number of nitrogens with one attached hydrogen (secondary N) is 2. The topological polar surface area (TPSA) is 103 Å². The minimum Gasteiger partial charge on any atom is -0.495 e. The molecule has 2 N–H and O–H groups in total. The van der Waals surface area contributed by atoms with Crippen LogP contribution in [-0.4, -0.2) is 29.7 Å². The van der Waals surface area contributed by atoms with Crippen LogP contribution < -0.4 is 15.4 Å². The van der Waals surface area contributed by atoms with Crippen LogP contribution >= 0.6 is 23.6 Å². The molecular weight excluding hydrogens is 414 g/mol. The molecule has 1 aromatic carbocycles. The molecule has 0 atom stereocenters. The molecule has 0 saturated carbocycles. The molecular formula is C19H21N3O5S2. The number of thiophene rings is 1. The zero-order valence-corrected chi connectivity index (χ0v) is 17.7. The summed E-state index contributed by atoms with van der Waals surface area (Å²) in [5.41, 5.74) is 1.83. The average Bonchev–Trinajstić information content (AvgIpc) is 3.05. The summed E-state index contributed by atoms with van der Waals surface area (Å²) in [5.74, 6) is 0.0426. The number of hydrogen-bond donors (Lipinski definition) is 2.